The number of rotatable bonds is 3. The number of carbonyl (C=O) groups is 2. The van der Waals surface area contributed by atoms with Gasteiger partial charge in [-0.3, -0.25) is 4.90 Å². The van der Waals surface area contributed by atoms with Crippen molar-refractivity contribution in [1.29, 1.82) is 0 Å². The van der Waals surface area contributed by atoms with Gasteiger partial charge < -0.3 is 15.4 Å². The fourth-order valence-corrected chi connectivity index (χ4v) is 1.82. The smallest absolute Gasteiger partial charge is 0.354 e. The van der Waals surface area contributed by atoms with Crippen molar-refractivity contribution in [3.05, 3.63) is 47.8 Å². The normalized spacial score (nSPS) is 10.1. The highest BCUT2D eigenvalue weighted by Crippen LogP contribution is 2.19. The number of hydrogen-bond acceptors (Lipinski definition) is 2. The molecule has 0 aliphatic rings. The van der Waals surface area contributed by atoms with Crippen LogP contribution in [-0.4, -0.2) is 29.1 Å². The number of para-hydroxylation sites is 1. The molecule has 2 rings (SSSR count). The number of carboxylic acid groups (broad SMARTS) is 1. The van der Waals surface area contributed by atoms with Gasteiger partial charge in [0.25, 0.3) is 0 Å². The van der Waals surface area contributed by atoms with Gasteiger partial charge in [-0.1, -0.05) is 18.2 Å². The number of aromatic nitrogens is 1. The molecule has 1 aromatic heterocycles. The number of carboxylic acids is 1. The van der Waals surface area contributed by atoms with Crippen molar-refractivity contribution in [2.75, 3.05) is 17.3 Å². The Morgan fingerprint density at radius 1 is 1.25 bits per heavy atom. The quantitative estimate of drug-likeness (QED) is 0.803. The SMILES string of the molecule is Cc1cc(NC(=O)N(C)c2ccccc2)c(C(=O)O)[nH]1. The van der Waals surface area contributed by atoms with Gasteiger partial charge in [-0.2, -0.15) is 0 Å². The van der Waals surface area contributed by atoms with Crippen LogP contribution in [0, 0.1) is 6.92 Å². The Kier molecular flexibility index (Phi) is 3.74. The van der Waals surface area contributed by atoms with Gasteiger partial charge >= 0.3 is 12.0 Å². The highest BCUT2D eigenvalue weighted by Gasteiger charge is 2.17. The van der Waals surface area contributed by atoms with E-state index in [0.29, 0.717) is 11.4 Å². The summed E-state index contributed by atoms with van der Waals surface area (Å²) in [5.74, 6) is -1.12. The number of hydrogen-bond donors (Lipinski definition) is 3. The van der Waals surface area contributed by atoms with E-state index in [9.17, 15) is 9.59 Å². The van der Waals surface area contributed by atoms with Crippen LogP contribution >= 0.6 is 0 Å². The summed E-state index contributed by atoms with van der Waals surface area (Å²) in [6, 6.07) is 10.3. The molecule has 0 radical (unpaired) electrons. The molecule has 0 fully saturated rings. The van der Waals surface area contributed by atoms with Gasteiger partial charge in [0.15, 0.2) is 0 Å². The van der Waals surface area contributed by atoms with E-state index < -0.39 is 12.0 Å². The number of aromatic amines is 1. The van der Waals surface area contributed by atoms with E-state index in [2.05, 4.69) is 10.3 Å². The Morgan fingerprint density at radius 2 is 1.90 bits per heavy atom. The van der Waals surface area contributed by atoms with Crippen LogP contribution in [0.1, 0.15) is 16.2 Å². The second kappa shape index (κ2) is 5.48. The molecule has 0 saturated heterocycles. The van der Waals surface area contributed by atoms with Crippen LogP contribution in [0.5, 0.6) is 0 Å². The summed E-state index contributed by atoms with van der Waals surface area (Å²) in [7, 11) is 1.62. The van der Waals surface area contributed by atoms with E-state index in [0.717, 1.165) is 0 Å². The molecule has 20 heavy (non-hydrogen) atoms. The van der Waals surface area contributed by atoms with Crippen molar-refractivity contribution in [2.24, 2.45) is 0 Å². The molecule has 0 aliphatic carbocycles. The zero-order valence-corrected chi connectivity index (χ0v) is 11.2. The first-order valence-electron chi connectivity index (χ1n) is 6.01. The number of benzene rings is 1. The lowest BCUT2D eigenvalue weighted by Gasteiger charge is -2.17. The number of nitrogens with zero attached hydrogens (tertiary/aromatic N) is 1. The standard InChI is InChI=1S/C14H15N3O3/c1-9-8-11(12(15-9)13(18)19)16-14(20)17(2)10-6-4-3-5-7-10/h3-8,15H,1-2H3,(H,16,20)(H,18,19). The lowest BCUT2D eigenvalue weighted by Crippen LogP contribution is -2.31. The van der Waals surface area contributed by atoms with E-state index in [4.69, 9.17) is 5.11 Å². The first-order chi connectivity index (χ1) is 9.49. The lowest BCUT2D eigenvalue weighted by molar-refractivity contribution is 0.0692. The van der Waals surface area contributed by atoms with E-state index in [1.54, 1.807) is 32.2 Å². The van der Waals surface area contributed by atoms with Gasteiger partial charge in [0, 0.05) is 18.4 Å². The van der Waals surface area contributed by atoms with Crippen LogP contribution in [-0.2, 0) is 0 Å². The van der Waals surface area contributed by atoms with Gasteiger partial charge in [0.05, 0.1) is 5.69 Å². The molecule has 0 saturated carbocycles. The lowest BCUT2D eigenvalue weighted by atomic mass is 10.3. The predicted molar refractivity (Wildman–Crippen MR) is 76.4 cm³/mol. The average Bonchev–Trinajstić information content (AvgIpc) is 2.80. The number of carbonyl (C=O) groups excluding carboxylic acids is 1. The number of nitrogens with one attached hydrogen (secondary N) is 2. The summed E-state index contributed by atoms with van der Waals surface area (Å²) >= 11 is 0. The van der Waals surface area contributed by atoms with Crippen LogP contribution < -0.4 is 10.2 Å². The predicted octanol–water partition coefficient (Wildman–Crippen LogP) is 2.69. The Bertz CT molecular complexity index is 634. The molecule has 6 heteroatoms. The summed E-state index contributed by atoms with van der Waals surface area (Å²) in [4.78, 5) is 27.3. The van der Waals surface area contributed by atoms with Crippen LogP contribution in [0.2, 0.25) is 0 Å². The number of aromatic carboxylic acids is 1. The third-order valence-electron chi connectivity index (χ3n) is 2.86. The minimum absolute atomic E-state index is 0.0303. The number of amides is 2. The molecule has 6 nitrogen and oxygen atoms in total. The highest BCUT2D eigenvalue weighted by atomic mass is 16.4. The highest BCUT2D eigenvalue weighted by molar-refractivity contribution is 6.05. The minimum atomic E-state index is -1.12. The topological polar surface area (TPSA) is 85.4 Å². The largest absolute Gasteiger partial charge is 0.477 e. The molecule has 104 valence electrons. The maximum absolute atomic E-state index is 12.1. The molecule has 0 atom stereocenters. The van der Waals surface area contributed by atoms with Crippen LogP contribution in [0.3, 0.4) is 0 Å². The molecule has 0 aliphatic heterocycles. The first-order valence-corrected chi connectivity index (χ1v) is 6.01. The molecule has 2 amide bonds. The Balaban J connectivity index is 2.18. The Morgan fingerprint density at radius 3 is 2.50 bits per heavy atom. The second-order valence-corrected chi connectivity index (χ2v) is 4.37. The third kappa shape index (κ3) is 2.80. The van der Waals surface area contributed by atoms with Crippen LogP contribution in [0.4, 0.5) is 16.2 Å². The molecule has 1 heterocycles. The zero-order valence-electron chi connectivity index (χ0n) is 11.2. The number of urea groups is 1. The van der Waals surface area contributed by atoms with Gasteiger partial charge in [0.2, 0.25) is 0 Å². The molecule has 2 aromatic rings. The molecular formula is C14H15N3O3. The molecule has 0 unspecified atom stereocenters. The minimum Gasteiger partial charge on any atom is -0.477 e. The molecular weight excluding hydrogens is 258 g/mol. The number of anilines is 2. The monoisotopic (exact) mass is 273 g/mol. The fraction of sp³-hybridized carbons (Fsp3) is 0.143. The van der Waals surface area contributed by atoms with Crippen molar-refractivity contribution >= 4 is 23.4 Å². The number of H-pyrrole nitrogens is 1. The average molecular weight is 273 g/mol. The Labute approximate surface area is 116 Å². The summed E-state index contributed by atoms with van der Waals surface area (Å²) in [5.41, 5.74) is 1.61. The van der Waals surface area contributed by atoms with Crippen molar-refractivity contribution in [2.45, 2.75) is 6.92 Å². The van der Waals surface area contributed by atoms with Gasteiger partial charge in [-0.05, 0) is 25.1 Å². The molecule has 0 bridgehead atoms. The fourth-order valence-electron chi connectivity index (χ4n) is 1.82. The van der Waals surface area contributed by atoms with E-state index in [1.807, 2.05) is 18.2 Å². The molecule has 1 aromatic carbocycles. The van der Waals surface area contributed by atoms with E-state index in [1.165, 1.54) is 4.90 Å². The number of aryl methyl sites for hydroxylation is 1. The van der Waals surface area contributed by atoms with Gasteiger partial charge in [-0.15, -0.1) is 0 Å². The van der Waals surface area contributed by atoms with Crippen molar-refractivity contribution in [3.63, 3.8) is 0 Å². The van der Waals surface area contributed by atoms with Crippen molar-refractivity contribution < 1.29 is 14.7 Å². The van der Waals surface area contributed by atoms with E-state index in [-0.39, 0.29) is 11.4 Å². The maximum Gasteiger partial charge on any atom is 0.354 e. The van der Waals surface area contributed by atoms with Crippen molar-refractivity contribution in [1.82, 2.24) is 4.98 Å². The summed E-state index contributed by atoms with van der Waals surface area (Å²) < 4.78 is 0. The summed E-state index contributed by atoms with van der Waals surface area (Å²) in [6.45, 7) is 1.73. The van der Waals surface area contributed by atoms with Crippen LogP contribution in [0.15, 0.2) is 36.4 Å². The van der Waals surface area contributed by atoms with Crippen molar-refractivity contribution in [3.8, 4) is 0 Å². The van der Waals surface area contributed by atoms with Crippen LogP contribution in [0.25, 0.3) is 0 Å². The third-order valence-corrected chi connectivity index (χ3v) is 2.86. The second-order valence-electron chi connectivity index (χ2n) is 4.37. The Hall–Kier alpha value is -2.76. The summed E-state index contributed by atoms with van der Waals surface area (Å²) in [5, 5.41) is 11.6. The molecule has 3 N–H and O–H groups in total. The zero-order chi connectivity index (χ0) is 14.7. The first kappa shape index (κ1) is 13.7. The maximum atomic E-state index is 12.1. The molecule has 0 spiro atoms. The van der Waals surface area contributed by atoms with Gasteiger partial charge in [-0.25, -0.2) is 9.59 Å². The van der Waals surface area contributed by atoms with E-state index >= 15 is 0 Å². The van der Waals surface area contributed by atoms with Gasteiger partial charge in [0.1, 0.15) is 5.69 Å². The summed E-state index contributed by atoms with van der Waals surface area (Å²) in [6.07, 6.45) is 0.